The van der Waals surface area contributed by atoms with Crippen LogP contribution in [0.4, 0.5) is 0 Å². The zero-order valence-electron chi connectivity index (χ0n) is 9.50. The molecule has 17 heavy (non-hydrogen) atoms. The van der Waals surface area contributed by atoms with Crippen LogP contribution in [0.3, 0.4) is 0 Å². The monoisotopic (exact) mass is 267 g/mol. The van der Waals surface area contributed by atoms with Crippen LogP contribution in [0.25, 0.3) is 5.69 Å². The van der Waals surface area contributed by atoms with Crippen molar-refractivity contribution >= 4 is 29.5 Å². The largest absolute Gasteiger partial charge is 0.316 e. The molecule has 2 aromatic rings. The summed E-state index contributed by atoms with van der Waals surface area (Å²) in [5, 5.41) is 1.16. The highest BCUT2D eigenvalue weighted by molar-refractivity contribution is 6.35. The summed E-state index contributed by atoms with van der Waals surface area (Å²) in [5.74, 6) is 0. The Morgan fingerprint density at radius 2 is 1.88 bits per heavy atom. The van der Waals surface area contributed by atoms with Crippen LogP contribution >= 0.6 is 23.2 Å². The molecule has 0 saturated heterocycles. The lowest BCUT2D eigenvalue weighted by atomic mass is 10.2. The molecule has 0 saturated carbocycles. The quantitative estimate of drug-likeness (QED) is 0.747. The summed E-state index contributed by atoms with van der Waals surface area (Å²) in [6.45, 7) is 3.83. The van der Waals surface area contributed by atoms with Gasteiger partial charge in [0.15, 0.2) is 6.29 Å². The lowest BCUT2D eigenvalue weighted by Crippen LogP contribution is -2.00. The Kier molecular flexibility index (Phi) is 3.27. The smallest absolute Gasteiger partial charge is 0.151 e. The molecule has 0 aliphatic carbocycles. The molecule has 2 rings (SSSR count). The maximum atomic E-state index is 10.9. The van der Waals surface area contributed by atoms with Crippen LogP contribution in [-0.4, -0.2) is 10.9 Å². The van der Waals surface area contributed by atoms with Gasteiger partial charge in [0.05, 0.1) is 10.7 Å². The minimum atomic E-state index is 0.566. The summed E-state index contributed by atoms with van der Waals surface area (Å²) in [6, 6.07) is 7.16. The molecule has 0 aliphatic heterocycles. The molecule has 1 aromatic heterocycles. The fourth-order valence-corrected chi connectivity index (χ4v) is 2.43. The summed E-state index contributed by atoms with van der Waals surface area (Å²) >= 11 is 12.0. The van der Waals surface area contributed by atoms with Crippen molar-refractivity contribution in [1.82, 2.24) is 4.57 Å². The number of carbonyl (C=O) groups is 1. The summed E-state index contributed by atoms with van der Waals surface area (Å²) in [5.41, 5.74) is 3.35. The summed E-state index contributed by atoms with van der Waals surface area (Å²) < 4.78 is 1.95. The Morgan fingerprint density at radius 1 is 1.18 bits per heavy atom. The minimum Gasteiger partial charge on any atom is -0.316 e. The molecule has 0 bridgehead atoms. The van der Waals surface area contributed by atoms with E-state index in [0.717, 1.165) is 23.4 Å². The number of rotatable bonds is 2. The third-order valence-electron chi connectivity index (χ3n) is 2.75. The number of hydrogen-bond donors (Lipinski definition) is 0. The van der Waals surface area contributed by atoms with E-state index in [2.05, 4.69) is 0 Å². The molecule has 0 N–H and O–H groups in total. The molecule has 2 nitrogen and oxygen atoms in total. The second-order valence-electron chi connectivity index (χ2n) is 3.88. The first kappa shape index (κ1) is 12.2. The third-order valence-corrected chi connectivity index (χ3v) is 3.29. The number of halogens is 2. The van der Waals surface area contributed by atoms with Crippen molar-refractivity contribution in [1.29, 1.82) is 0 Å². The first-order chi connectivity index (χ1) is 8.04. The Labute approximate surface area is 110 Å². The van der Waals surface area contributed by atoms with E-state index in [1.54, 1.807) is 12.1 Å². The van der Waals surface area contributed by atoms with Crippen molar-refractivity contribution in [2.45, 2.75) is 13.8 Å². The number of aldehydes is 1. The van der Waals surface area contributed by atoms with E-state index < -0.39 is 0 Å². The van der Waals surface area contributed by atoms with Gasteiger partial charge >= 0.3 is 0 Å². The molecule has 0 fully saturated rings. The van der Waals surface area contributed by atoms with Gasteiger partial charge in [-0.2, -0.15) is 0 Å². The molecular weight excluding hydrogens is 257 g/mol. The highest BCUT2D eigenvalue weighted by atomic mass is 35.5. The number of aromatic nitrogens is 1. The maximum absolute atomic E-state index is 10.9. The summed E-state index contributed by atoms with van der Waals surface area (Å²) in [7, 11) is 0. The molecule has 0 unspecified atom stereocenters. The molecular formula is C13H11Cl2NO. The van der Waals surface area contributed by atoms with Crippen molar-refractivity contribution in [3.8, 4) is 5.69 Å². The fraction of sp³-hybridized carbons (Fsp3) is 0.154. The van der Waals surface area contributed by atoms with E-state index in [9.17, 15) is 4.79 Å². The number of hydrogen-bond acceptors (Lipinski definition) is 1. The van der Waals surface area contributed by atoms with Crippen molar-refractivity contribution in [2.75, 3.05) is 0 Å². The fourth-order valence-electron chi connectivity index (χ4n) is 1.94. The second-order valence-corrected chi connectivity index (χ2v) is 4.72. The van der Waals surface area contributed by atoms with Gasteiger partial charge in [0.1, 0.15) is 0 Å². The Bertz CT molecular complexity index is 587. The van der Waals surface area contributed by atoms with Gasteiger partial charge in [-0.05, 0) is 38.1 Å². The Hall–Kier alpha value is -1.25. The number of aryl methyl sites for hydroxylation is 1. The van der Waals surface area contributed by atoms with E-state index in [-0.39, 0.29) is 0 Å². The second kappa shape index (κ2) is 4.55. The molecule has 1 heterocycles. The first-order valence-corrected chi connectivity index (χ1v) is 5.89. The van der Waals surface area contributed by atoms with Crippen molar-refractivity contribution < 1.29 is 4.79 Å². The van der Waals surface area contributed by atoms with E-state index in [4.69, 9.17) is 23.2 Å². The van der Waals surface area contributed by atoms with Gasteiger partial charge in [-0.15, -0.1) is 0 Å². The minimum absolute atomic E-state index is 0.566. The summed E-state index contributed by atoms with van der Waals surface area (Å²) in [4.78, 5) is 10.9. The van der Waals surface area contributed by atoms with Gasteiger partial charge in [-0.3, -0.25) is 4.79 Å². The van der Waals surface area contributed by atoms with Gasteiger partial charge in [-0.1, -0.05) is 23.2 Å². The molecule has 4 heteroatoms. The molecule has 0 spiro atoms. The van der Waals surface area contributed by atoms with Crippen LogP contribution in [0.2, 0.25) is 10.0 Å². The third kappa shape index (κ3) is 2.11. The Balaban J connectivity index is 2.68. The van der Waals surface area contributed by atoms with Crippen molar-refractivity contribution in [3.63, 3.8) is 0 Å². The zero-order valence-corrected chi connectivity index (χ0v) is 11.0. The molecule has 1 aromatic carbocycles. The van der Waals surface area contributed by atoms with E-state index in [1.165, 1.54) is 0 Å². The van der Waals surface area contributed by atoms with E-state index in [0.29, 0.717) is 15.6 Å². The highest BCUT2D eigenvalue weighted by Crippen LogP contribution is 2.28. The predicted molar refractivity (Wildman–Crippen MR) is 70.7 cm³/mol. The van der Waals surface area contributed by atoms with Crippen LogP contribution < -0.4 is 0 Å². The Morgan fingerprint density at radius 3 is 2.41 bits per heavy atom. The summed E-state index contributed by atoms with van der Waals surface area (Å²) in [6.07, 6.45) is 0.850. The first-order valence-electron chi connectivity index (χ1n) is 5.14. The van der Waals surface area contributed by atoms with Crippen LogP contribution in [0.15, 0.2) is 24.3 Å². The standard InChI is InChI=1S/C13H11Cl2NO/c1-8-5-10(7-17)9(2)16(8)13-4-3-11(14)6-12(13)15/h3-7H,1-2H3. The van der Waals surface area contributed by atoms with Gasteiger partial charge < -0.3 is 4.57 Å². The van der Waals surface area contributed by atoms with Gasteiger partial charge in [-0.25, -0.2) is 0 Å². The van der Waals surface area contributed by atoms with Crippen molar-refractivity contribution in [3.05, 3.63) is 51.3 Å². The number of carbonyl (C=O) groups excluding carboxylic acids is 1. The van der Waals surface area contributed by atoms with E-state index in [1.807, 2.05) is 30.5 Å². The van der Waals surface area contributed by atoms with Crippen LogP contribution in [0, 0.1) is 13.8 Å². The molecule has 0 atom stereocenters. The number of benzene rings is 1. The maximum Gasteiger partial charge on any atom is 0.151 e. The number of nitrogens with zero attached hydrogens (tertiary/aromatic N) is 1. The van der Waals surface area contributed by atoms with Crippen LogP contribution in [-0.2, 0) is 0 Å². The SMILES string of the molecule is Cc1cc(C=O)c(C)n1-c1ccc(Cl)cc1Cl. The normalized spacial score (nSPS) is 10.6. The molecule has 0 amide bonds. The average molecular weight is 268 g/mol. The van der Waals surface area contributed by atoms with E-state index >= 15 is 0 Å². The molecule has 0 aliphatic rings. The average Bonchev–Trinajstić information content (AvgIpc) is 2.55. The van der Waals surface area contributed by atoms with Gasteiger partial charge in [0, 0.05) is 22.0 Å². The lowest BCUT2D eigenvalue weighted by molar-refractivity contribution is 0.112. The van der Waals surface area contributed by atoms with Crippen LogP contribution in [0.1, 0.15) is 21.7 Å². The molecule has 0 radical (unpaired) electrons. The van der Waals surface area contributed by atoms with Gasteiger partial charge in [0.2, 0.25) is 0 Å². The zero-order chi connectivity index (χ0) is 12.6. The topological polar surface area (TPSA) is 22.0 Å². The molecule has 88 valence electrons. The lowest BCUT2D eigenvalue weighted by Gasteiger charge is -2.11. The van der Waals surface area contributed by atoms with Crippen molar-refractivity contribution in [2.24, 2.45) is 0 Å². The van der Waals surface area contributed by atoms with Crippen LogP contribution in [0.5, 0.6) is 0 Å². The highest BCUT2D eigenvalue weighted by Gasteiger charge is 2.12. The van der Waals surface area contributed by atoms with Gasteiger partial charge in [0.25, 0.3) is 0 Å². The predicted octanol–water partition coefficient (Wildman–Crippen LogP) is 4.21.